The van der Waals surface area contributed by atoms with Crippen molar-refractivity contribution in [2.24, 2.45) is 5.41 Å². The zero-order valence-electron chi connectivity index (χ0n) is 20.9. The number of carbonyl (C=O) groups is 1. The molecule has 0 saturated carbocycles. The van der Waals surface area contributed by atoms with E-state index in [4.69, 9.17) is 4.74 Å². The number of esters is 1. The molecule has 0 aliphatic heterocycles. The number of hydrogen-bond donors (Lipinski definition) is 1. The van der Waals surface area contributed by atoms with Crippen molar-refractivity contribution in [2.45, 2.75) is 40.3 Å². The molecule has 8 heteroatoms. The number of aromatic nitrogens is 2. The van der Waals surface area contributed by atoms with Gasteiger partial charge in [0, 0.05) is 16.7 Å². The summed E-state index contributed by atoms with van der Waals surface area (Å²) in [6, 6.07) is 18.3. The third-order valence-electron chi connectivity index (χ3n) is 5.87. The fraction of sp³-hybridized carbons (Fsp3) is 0.241. The van der Waals surface area contributed by atoms with Gasteiger partial charge in [-0.2, -0.15) is 18.3 Å². The van der Waals surface area contributed by atoms with E-state index in [0.29, 0.717) is 34.7 Å². The molecule has 0 bridgehead atoms. The Morgan fingerprint density at radius 2 is 1.51 bits per heavy atom. The van der Waals surface area contributed by atoms with Gasteiger partial charge in [0.2, 0.25) is 0 Å². The highest BCUT2D eigenvalue weighted by molar-refractivity contribution is 5.79. The van der Waals surface area contributed by atoms with Crippen molar-refractivity contribution in [3.8, 4) is 39.7 Å². The number of alkyl halides is 3. The van der Waals surface area contributed by atoms with Gasteiger partial charge in [0.15, 0.2) is 0 Å². The van der Waals surface area contributed by atoms with Crippen LogP contribution in [-0.4, -0.2) is 20.9 Å². The molecular formula is C29H27F3N2O3. The second-order valence-electron chi connectivity index (χ2n) is 9.67. The van der Waals surface area contributed by atoms with Crippen molar-refractivity contribution in [3.63, 3.8) is 0 Å². The largest absolute Gasteiger partial charge is 0.508 e. The van der Waals surface area contributed by atoms with Crippen LogP contribution in [0.4, 0.5) is 13.2 Å². The molecule has 0 aliphatic rings. The van der Waals surface area contributed by atoms with Crippen LogP contribution in [0.25, 0.3) is 28.2 Å². The number of hydrogen-bond acceptors (Lipinski definition) is 4. The lowest BCUT2D eigenvalue weighted by molar-refractivity contribution is -0.143. The van der Waals surface area contributed by atoms with Gasteiger partial charge in [-0.15, -0.1) is 0 Å². The van der Waals surface area contributed by atoms with E-state index < -0.39 is 17.2 Å². The smallest absolute Gasteiger partial charge is 0.418 e. The normalized spacial score (nSPS) is 12.0. The van der Waals surface area contributed by atoms with E-state index in [9.17, 15) is 23.1 Å². The lowest BCUT2D eigenvalue weighted by Crippen LogP contribution is -2.25. The second kappa shape index (κ2) is 9.76. The van der Waals surface area contributed by atoms with Gasteiger partial charge in [0.1, 0.15) is 11.5 Å². The first kappa shape index (κ1) is 26.0. The lowest BCUT2D eigenvalue weighted by Gasteiger charge is -2.16. The first-order valence-corrected chi connectivity index (χ1v) is 11.8. The van der Waals surface area contributed by atoms with Crippen LogP contribution < -0.4 is 4.74 Å². The molecule has 0 saturated heterocycles. The average molecular weight is 509 g/mol. The van der Waals surface area contributed by atoms with Gasteiger partial charge in [-0.1, -0.05) is 19.1 Å². The Morgan fingerprint density at radius 3 is 2.08 bits per heavy atom. The van der Waals surface area contributed by atoms with Crippen LogP contribution in [0, 0.1) is 5.41 Å². The summed E-state index contributed by atoms with van der Waals surface area (Å²) in [5, 5.41) is 14.5. The number of para-hydroxylation sites is 1. The number of nitrogens with zero attached hydrogens (tertiary/aromatic N) is 2. The maximum Gasteiger partial charge on any atom is 0.418 e. The quantitative estimate of drug-likeness (QED) is 0.225. The predicted molar refractivity (Wildman–Crippen MR) is 136 cm³/mol. The van der Waals surface area contributed by atoms with Crippen molar-refractivity contribution in [3.05, 3.63) is 83.9 Å². The Balaban J connectivity index is 1.90. The van der Waals surface area contributed by atoms with Crippen molar-refractivity contribution in [1.29, 1.82) is 0 Å². The molecule has 1 N–H and O–H groups in total. The summed E-state index contributed by atoms with van der Waals surface area (Å²) < 4.78 is 48.6. The Labute approximate surface area is 213 Å². The number of benzene rings is 3. The maximum atomic E-state index is 14.0. The monoisotopic (exact) mass is 508 g/mol. The minimum Gasteiger partial charge on any atom is -0.508 e. The Hall–Kier alpha value is -4.07. The first-order valence-electron chi connectivity index (χ1n) is 11.8. The van der Waals surface area contributed by atoms with E-state index in [1.54, 1.807) is 57.2 Å². The van der Waals surface area contributed by atoms with Crippen molar-refractivity contribution in [2.75, 3.05) is 0 Å². The predicted octanol–water partition coefficient (Wildman–Crippen LogP) is 7.44. The van der Waals surface area contributed by atoms with Crippen LogP contribution in [0.15, 0.2) is 72.8 Å². The number of carbonyl (C=O) groups excluding carboxylic acids is 1. The second-order valence-corrected chi connectivity index (χ2v) is 9.67. The summed E-state index contributed by atoms with van der Waals surface area (Å²) in [6.07, 6.45) is -4.10. The number of aromatic hydroxyl groups is 1. The highest BCUT2D eigenvalue weighted by Crippen LogP contribution is 2.39. The van der Waals surface area contributed by atoms with Gasteiger partial charge in [0.25, 0.3) is 0 Å². The molecule has 0 spiro atoms. The van der Waals surface area contributed by atoms with Crippen LogP contribution >= 0.6 is 0 Å². The number of ether oxygens (including phenoxy) is 1. The van der Waals surface area contributed by atoms with Crippen LogP contribution in [0.1, 0.15) is 38.8 Å². The van der Waals surface area contributed by atoms with Gasteiger partial charge in [0.05, 0.1) is 28.1 Å². The van der Waals surface area contributed by atoms with E-state index in [-0.39, 0.29) is 17.4 Å². The molecule has 1 aromatic heterocycles. The zero-order valence-corrected chi connectivity index (χ0v) is 20.9. The Bertz CT molecular complexity index is 1420. The molecule has 0 aliphatic carbocycles. The summed E-state index contributed by atoms with van der Waals surface area (Å²) >= 11 is 0. The third-order valence-corrected chi connectivity index (χ3v) is 5.87. The van der Waals surface area contributed by atoms with Crippen LogP contribution in [-0.2, 0) is 17.4 Å². The molecule has 0 radical (unpaired) electrons. The molecule has 0 amide bonds. The molecule has 192 valence electrons. The van der Waals surface area contributed by atoms with Crippen LogP contribution in [0.3, 0.4) is 0 Å². The summed E-state index contributed by atoms with van der Waals surface area (Å²) in [7, 11) is 0. The third kappa shape index (κ3) is 5.38. The van der Waals surface area contributed by atoms with Crippen LogP contribution in [0.5, 0.6) is 11.5 Å². The fourth-order valence-corrected chi connectivity index (χ4v) is 3.95. The number of halogens is 3. The van der Waals surface area contributed by atoms with E-state index in [2.05, 4.69) is 5.10 Å². The highest BCUT2D eigenvalue weighted by atomic mass is 19.4. The number of phenols is 1. The molecule has 4 aromatic rings. The molecule has 4 rings (SSSR count). The minimum atomic E-state index is -4.58. The van der Waals surface area contributed by atoms with Gasteiger partial charge in [-0.25, -0.2) is 4.68 Å². The lowest BCUT2D eigenvalue weighted by atomic mass is 9.97. The number of phenolic OH excluding ortho intramolecular Hbond substituents is 1. The van der Waals surface area contributed by atoms with Gasteiger partial charge in [-0.3, -0.25) is 4.79 Å². The number of rotatable bonds is 5. The standard InChI is InChI=1S/C29H27F3N2O3/c1-5-22-25(18-12-16-21(17-13-18)37-27(36)28(2,3)4)33-34(26(22)19-10-14-20(35)15-11-19)24-9-7-6-8-23(24)29(30,31)32/h6-17,35H,5H2,1-4H3. The van der Waals surface area contributed by atoms with Crippen molar-refractivity contribution in [1.82, 2.24) is 9.78 Å². The molecule has 0 fully saturated rings. The van der Waals surface area contributed by atoms with Gasteiger partial charge in [-0.05, 0) is 87.9 Å². The van der Waals surface area contributed by atoms with Gasteiger partial charge >= 0.3 is 12.1 Å². The summed E-state index contributed by atoms with van der Waals surface area (Å²) in [5.41, 5.74) is 1.44. The molecule has 1 heterocycles. The molecular weight excluding hydrogens is 481 g/mol. The molecule has 3 aromatic carbocycles. The van der Waals surface area contributed by atoms with Crippen molar-refractivity contribution < 1.29 is 27.8 Å². The topological polar surface area (TPSA) is 64.3 Å². The van der Waals surface area contributed by atoms with Crippen LogP contribution in [0.2, 0.25) is 0 Å². The SMILES string of the molecule is CCc1c(-c2ccc(OC(=O)C(C)(C)C)cc2)nn(-c2ccccc2C(F)(F)F)c1-c1ccc(O)cc1. The van der Waals surface area contributed by atoms with Crippen molar-refractivity contribution >= 4 is 5.97 Å². The van der Waals surface area contributed by atoms with Gasteiger partial charge < -0.3 is 9.84 Å². The molecule has 0 atom stereocenters. The average Bonchev–Trinajstić information content (AvgIpc) is 3.23. The highest BCUT2D eigenvalue weighted by Gasteiger charge is 2.35. The molecule has 5 nitrogen and oxygen atoms in total. The van der Waals surface area contributed by atoms with E-state index >= 15 is 0 Å². The zero-order chi connectivity index (χ0) is 27.0. The van der Waals surface area contributed by atoms with E-state index in [0.717, 1.165) is 11.6 Å². The van der Waals surface area contributed by atoms with E-state index in [1.807, 2.05) is 6.92 Å². The Morgan fingerprint density at radius 1 is 0.919 bits per heavy atom. The summed E-state index contributed by atoms with van der Waals surface area (Å²) in [5.74, 6) is 0.0312. The minimum absolute atomic E-state index is 0.0455. The summed E-state index contributed by atoms with van der Waals surface area (Å²) in [6.45, 7) is 7.18. The van der Waals surface area contributed by atoms with E-state index in [1.165, 1.54) is 35.0 Å². The molecule has 37 heavy (non-hydrogen) atoms. The fourth-order valence-electron chi connectivity index (χ4n) is 3.95. The summed E-state index contributed by atoms with van der Waals surface area (Å²) in [4.78, 5) is 12.2. The first-order chi connectivity index (χ1) is 17.4. The molecule has 0 unspecified atom stereocenters. The maximum absolute atomic E-state index is 14.0. The Kier molecular flexibility index (Phi) is 6.86.